The first kappa shape index (κ1) is 20.2. The highest BCUT2D eigenvalue weighted by Crippen LogP contribution is 2.40. The van der Waals surface area contributed by atoms with Gasteiger partial charge in [-0.15, -0.1) is 0 Å². The predicted molar refractivity (Wildman–Crippen MR) is 88.0 cm³/mol. The van der Waals surface area contributed by atoms with Crippen LogP contribution in [0.5, 0.6) is 5.95 Å². The number of nitrogens with zero attached hydrogens (tertiary/aromatic N) is 1. The normalized spacial score (nSPS) is 11.9. The number of rotatable bonds is 3. The summed E-state index contributed by atoms with van der Waals surface area (Å²) in [6.45, 7) is 0. The lowest BCUT2D eigenvalue weighted by atomic mass is 9.96. The standard InChI is InChI=1S/C18H10F6N2O3/c19-17(20,21)11-3-6-14(18(22,23)24)13(9-11)10-1-4-12(5-2-10)26-16(27)28-15-7-8-25-29-15/h1-9H,(H,26,27). The second kappa shape index (κ2) is 7.49. The lowest BCUT2D eigenvalue weighted by Crippen LogP contribution is -2.16. The van der Waals surface area contributed by atoms with E-state index in [1.54, 1.807) is 0 Å². The first-order valence-electron chi connectivity index (χ1n) is 7.82. The number of nitrogens with one attached hydrogen (secondary N) is 1. The highest BCUT2D eigenvalue weighted by molar-refractivity contribution is 5.86. The number of hydrogen-bond acceptors (Lipinski definition) is 4. The Labute approximate surface area is 158 Å². The van der Waals surface area contributed by atoms with Crippen molar-refractivity contribution in [3.05, 3.63) is 65.9 Å². The summed E-state index contributed by atoms with van der Waals surface area (Å²) in [5.74, 6) is -0.182. The smallest absolute Gasteiger partial charge is 0.374 e. The number of halogens is 6. The van der Waals surface area contributed by atoms with E-state index in [0.717, 1.165) is 12.1 Å². The second-order valence-corrected chi connectivity index (χ2v) is 5.68. The molecule has 2 aromatic carbocycles. The van der Waals surface area contributed by atoms with Crippen LogP contribution in [0.2, 0.25) is 0 Å². The molecule has 0 atom stereocenters. The molecule has 1 heterocycles. The van der Waals surface area contributed by atoms with Crippen molar-refractivity contribution in [1.82, 2.24) is 5.16 Å². The quantitative estimate of drug-likeness (QED) is 0.533. The molecule has 0 bridgehead atoms. The van der Waals surface area contributed by atoms with Crippen molar-refractivity contribution in [2.24, 2.45) is 0 Å². The van der Waals surface area contributed by atoms with E-state index in [1.807, 2.05) is 0 Å². The Morgan fingerprint density at radius 2 is 1.62 bits per heavy atom. The maximum absolute atomic E-state index is 13.2. The van der Waals surface area contributed by atoms with Crippen LogP contribution in [0.1, 0.15) is 11.1 Å². The SMILES string of the molecule is O=C(Nc1ccc(-c2cc(C(F)(F)F)ccc2C(F)(F)F)cc1)Oc1ccno1. The van der Waals surface area contributed by atoms with Crippen molar-refractivity contribution in [1.29, 1.82) is 0 Å². The largest absolute Gasteiger partial charge is 0.419 e. The zero-order chi connectivity index (χ0) is 21.2. The maximum atomic E-state index is 13.2. The van der Waals surface area contributed by atoms with E-state index in [1.165, 1.54) is 24.4 Å². The Bertz CT molecular complexity index is 996. The third-order valence-corrected chi connectivity index (χ3v) is 3.70. The van der Waals surface area contributed by atoms with E-state index < -0.39 is 35.1 Å². The van der Waals surface area contributed by atoms with Gasteiger partial charge in [-0.25, -0.2) is 4.79 Å². The highest BCUT2D eigenvalue weighted by Gasteiger charge is 2.37. The molecule has 5 nitrogen and oxygen atoms in total. The molecule has 1 amide bonds. The summed E-state index contributed by atoms with van der Waals surface area (Å²) in [4.78, 5) is 11.7. The summed E-state index contributed by atoms with van der Waals surface area (Å²) in [6.07, 6.45) is -9.36. The average molecular weight is 416 g/mol. The van der Waals surface area contributed by atoms with E-state index in [9.17, 15) is 31.1 Å². The van der Waals surface area contributed by atoms with Crippen LogP contribution in [0.4, 0.5) is 36.8 Å². The first-order chi connectivity index (χ1) is 13.5. The number of aromatic nitrogens is 1. The number of carbonyl (C=O) groups is 1. The minimum atomic E-state index is -4.85. The zero-order valence-corrected chi connectivity index (χ0v) is 14.1. The van der Waals surface area contributed by atoms with Gasteiger partial charge in [-0.05, 0) is 41.5 Å². The van der Waals surface area contributed by atoms with E-state index in [2.05, 4.69) is 15.0 Å². The number of amides is 1. The van der Waals surface area contributed by atoms with Gasteiger partial charge in [0.1, 0.15) is 0 Å². The molecule has 0 unspecified atom stereocenters. The molecule has 0 aliphatic heterocycles. The van der Waals surface area contributed by atoms with Gasteiger partial charge in [0.15, 0.2) is 0 Å². The molecule has 3 rings (SSSR count). The van der Waals surface area contributed by atoms with Gasteiger partial charge in [0, 0.05) is 11.8 Å². The van der Waals surface area contributed by atoms with Crippen molar-refractivity contribution in [3.8, 4) is 17.1 Å². The monoisotopic (exact) mass is 416 g/mol. The van der Waals surface area contributed by atoms with Crippen molar-refractivity contribution in [2.75, 3.05) is 5.32 Å². The molecule has 152 valence electrons. The Hall–Kier alpha value is -3.50. The predicted octanol–water partition coefficient (Wildman–Crippen LogP) is 5.99. The van der Waals surface area contributed by atoms with Crippen molar-refractivity contribution >= 4 is 11.8 Å². The minimum absolute atomic E-state index is 0.113. The van der Waals surface area contributed by atoms with Gasteiger partial charge in [0.25, 0.3) is 0 Å². The van der Waals surface area contributed by atoms with Crippen molar-refractivity contribution in [3.63, 3.8) is 0 Å². The van der Waals surface area contributed by atoms with Gasteiger partial charge in [-0.1, -0.05) is 17.3 Å². The molecule has 0 aliphatic rings. The summed E-state index contributed by atoms with van der Waals surface area (Å²) in [6, 6.07) is 7.21. The van der Waals surface area contributed by atoms with E-state index >= 15 is 0 Å². The first-order valence-corrected chi connectivity index (χ1v) is 7.82. The van der Waals surface area contributed by atoms with Gasteiger partial charge < -0.3 is 9.26 Å². The van der Waals surface area contributed by atoms with Crippen LogP contribution >= 0.6 is 0 Å². The van der Waals surface area contributed by atoms with Gasteiger partial charge in [-0.2, -0.15) is 26.3 Å². The molecule has 1 aromatic heterocycles. The number of alkyl halides is 6. The molecule has 3 aromatic rings. The number of benzene rings is 2. The van der Waals surface area contributed by atoms with Gasteiger partial charge in [0.2, 0.25) is 0 Å². The van der Waals surface area contributed by atoms with Crippen LogP contribution in [0, 0.1) is 0 Å². The molecule has 0 saturated carbocycles. The fraction of sp³-hybridized carbons (Fsp3) is 0.111. The fourth-order valence-corrected chi connectivity index (χ4v) is 2.43. The number of ether oxygens (including phenoxy) is 1. The molecular weight excluding hydrogens is 406 g/mol. The summed E-state index contributed by atoms with van der Waals surface area (Å²) < 4.78 is 87.7. The van der Waals surface area contributed by atoms with Crippen molar-refractivity contribution in [2.45, 2.75) is 12.4 Å². The Kier molecular flexibility index (Phi) is 5.23. The Balaban J connectivity index is 1.87. The Morgan fingerprint density at radius 3 is 2.17 bits per heavy atom. The number of hydrogen-bond donors (Lipinski definition) is 1. The van der Waals surface area contributed by atoms with E-state index in [0.29, 0.717) is 18.2 Å². The minimum Gasteiger partial charge on any atom is -0.374 e. The molecule has 1 N–H and O–H groups in total. The zero-order valence-electron chi connectivity index (χ0n) is 14.1. The molecular formula is C18H10F6N2O3. The van der Waals surface area contributed by atoms with Crippen LogP contribution in [-0.4, -0.2) is 11.2 Å². The number of carbonyl (C=O) groups excluding carboxylic acids is 1. The second-order valence-electron chi connectivity index (χ2n) is 5.68. The molecule has 0 radical (unpaired) electrons. The van der Waals surface area contributed by atoms with Crippen molar-refractivity contribution < 1.29 is 40.4 Å². The van der Waals surface area contributed by atoms with Crippen LogP contribution in [0.25, 0.3) is 11.1 Å². The molecule has 11 heteroatoms. The maximum Gasteiger partial charge on any atom is 0.419 e. The third-order valence-electron chi connectivity index (χ3n) is 3.70. The van der Waals surface area contributed by atoms with Crippen LogP contribution in [0.3, 0.4) is 0 Å². The van der Waals surface area contributed by atoms with Crippen LogP contribution in [0.15, 0.2) is 59.3 Å². The van der Waals surface area contributed by atoms with E-state index in [4.69, 9.17) is 4.74 Å². The van der Waals surface area contributed by atoms with Gasteiger partial charge in [-0.3, -0.25) is 5.32 Å². The van der Waals surface area contributed by atoms with Gasteiger partial charge in [0.05, 0.1) is 17.3 Å². The topological polar surface area (TPSA) is 64.4 Å². The fourth-order valence-electron chi connectivity index (χ4n) is 2.43. The highest BCUT2D eigenvalue weighted by atomic mass is 19.4. The molecule has 0 fully saturated rings. The van der Waals surface area contributed by atoms with Crippen LogP contribution in [-0.2, 0) is 12.4 Å². The molecule has 0 aliphatic carbocycles. The summed E-state index contributed by atoms with van der Waals surface area (Å²) in [5, 5.41) is 5.62. The Morgan fingerprint density at radius 1 is 0.931 bits per heavy atom. The third kappa shape index (κ3) is 4.86. The molecule has 29 heavy (non-hydrogen) atoms. The lowest BCUT2D eigenvalue weighted by Gasteiger charge is -2.16. The van der Waals surface area contributed by atoms with E-state index in [-0.39, 0.29) is 17.2 Å². The summed E-state index contributed by atoms with van der Waals surface area (Å²) in [5.41, 5.74) is -3.03. The summed E-state index contributed by atoms with van der Waals surface area (Å²) in [7, 11) is 0. The summed E-state index contributed by atoms with van der Waals surface area (Å²) >= 11 is 0. The molecule has 0 spiro atoms. The molecule has 0 saturated heterocycles. The number of anilines is 1. The lowest BCUT2D eigenvalue weighted by molar-refractivity contribution is -0.141. The average Bonchev–Trinajstić information content (AvgIpc) is 3.13. The van der Waals surface area contributed by atoms with Gasteiger partial charge >= 0.3 is 24.4 Å². The van der Waals surface area contributed by atoms with Crippen LogP contribution < -0.4 is 10.1 Å².